The van der Waals surface area contributed by atoms with E-state index >= 15 is 0 Å². The van der Waals surface area contributed by atoms with Gasteiger partial charge in [0.25, 0.3) is 0 Å². The molecule has 1 aromatic heterocycles. The van der Waals surface area contributed by atoms with Gasteiger partial charge in [0, 0.05) is 18.4 Å². The van der Waals surface area contributed by atoms with E-state index in [4.69, 9.17) is 9.47 Å². The Morgan fingerprint density at radius 2 is 1.62 bits per heavy atom. The number of carboxylic acids is 1. The highest BCUT2D eigenvalue weighted by Gasteiger charge is 2.62. The Hall–Kier alpha value is -3.88. The van der Waals surface area contributed by atoms with E-state index in [1.165, 1.54) is 0 Å². The quantitative estimate of drug-likeness (QED) is 0.377. The number of aromatic nitrogens is 2. The molecule has 1 fully saturated rings. The van der Waals surface area contributed by atoms with Crippen LogP contribution in [0, 0.1) is 5.92 Å². The molecule has 3 aromatic rings. The molecule has 39 heavy (non-hydrogen) atoms. The van der Waals surface area contributed by atoms with Gasteiger partial charge in [0.05, 0.1) is 12.0 Å². The molecule has 208 valence electrons. The van der Waals surface area contributed by atoms with Crippen molar-refractivity contribution in [2.75, 3.05) is 6.54 Å². The molecule has 0 saturated heterocycles. The van der Waals surface area contributed by atoms with Crippen LogP contribution in [-0.4, -0.2) is 55.5 Å². The standard InChI is InChI=1S/C30H37N3O6/c1-28(2,3)38-26(36)33(27(37)39-29(4,5)6)15-9-12-22-17-30(22,25(34)35)24-18-32(19-31-24)23-14-13-20-10-7-8-11-21(20)16-23/h7-8,10-11,13-14,16,18-19,22H,9,12,15,17H2,1-6H3,(H,34,35). The average Bonchev–Trinajstić information content (AvgIpc) is 3.35. The SMILES string of the molecule is CC(C)(C)OC(=O)N(CCCC1CC1(C(=O)O)c1cn(-c2ccc3ccccc3c2)cn1)C(=O)OC(C)(C)C. The highest BCUT2D eigenvalue weighted by molar-refractivity contribution is 5.88. The van der Waals surface area contributed by atoms with E-state index in [0.717, 1.165) is 21.4 Å². The van der Waals surface area contributed by atoms with Crippen LogP contribution in [0.25, 0.3) is 16.5 Å². The van der Waals surface area contributed by atoms with Gasteiger partial charge in [0.1, 0.15) is 16.6 Å². The minimum atomic E-state index is -1.09. The third-order valence-corrected chi connectivity index (χ3v) is 6.72. The van der Waals surface area contributed by atoms with Crippen LogP contribution in [0.4, 0.5) is 9.59 Å². The van der Waals surface area contributed by atoms with Crippen LogP contribution in [0.3, 0.4) is 0 Å². The predicted octanol–water partition coefficient (Wildman–Crippen LogP) is 6.32. The first-order valence-corrected chi connectivity index (χ1v) is 13.2. The van der Waals surface area contributed by atoms with Crippen molar-refractivity contribution in [1.82, 2.24) is 14.5 Å². The summed E-state index contributed by atoms with van der Waals surface area (Å²) in [5.74, 6) is -1.10. The Labute approximate surface area is 228 Å². The molecule has 1 saturated carbocycles. The predicted molar refractivity (Wildman–Crippen MR) is 147 cm³/mol. The van der Waals surface area contributed by atoms with Crippen LogP contribution >= 0.6 is 0 Å². The van der Waals surface area contributed by atoms with E-state index in [9.17, 15) is 19.5 Å². The molecule has 1 N–H and O–H groups in total. The zero-order valence-corrected chi connectivity index (χ0v) is 23.4. The highest BCUT2D eigenvalue weighted by Crippen LogP contribution is 2.56. The number of carbonyl (C=O) groups excluding carboxylic acids is 2. The van der Waals surface area contributed by atoms with Gasteiger partial charge in [-0.3, -0.25) is 4.79 Å². The van der Waals surface area contributed by atoms with Crippen molar-refractivity contribution in [3.8, 4) is 5.69 Å². The molecule has 2 aromatic carbocycles. The molecule has 2 amide bonds. The monoisotopic (exact) mass is 535 g/mol. The summed E-state index contributed by atoms with van der Waals surface area (Å²) in [6, 6.07) is 14.1. The largest absolute Gasteiger partial charge is 0.481 e. The number of aliphatic carboxylic acids is 1. The van der Waals surface area contributed by atoms with Crippen LogP contribution in [0.2, 0.25) is 0 Å². The summed E-state index contributed by atoms with van der Waals surface area (Å²) in [7, 11) is 0. The number of rotatable bonds is 7. The van der Waals surface area contributed by atoms with Crippen molar-refractivity contribution in [3.63, 3.8) is 0 Å². The lowest BCUT2D eigenvalue weighted by atomic mass is 9.97. The zero-order valence-electron chi connectivity index (χ0n) is 23.4. The summed E-state index contributed by atoms with van der Waals surface area (Å²) in [6.07, 6.45) is 3.20. The number of amides is 2. The molecule has 1 heterocycles. The van der Waals surface area contributed by atoms with Crippen molar-refractivity contribution in [2.45, 2.75) is 77.4 Å². The Balaban J connectivity index is 1.45. The molecule has 0 spiro atoms. The fourth-order valence-corrected chi connectivity index (χ4v) is 4.78. The number of carbonyl (C=O) groups is 3. The van der Waals surface area contributed by atoms with Crippen molar-refractivity contribution >= 4 is 28.9 Å². The maximum absolute atomic E-state index is 12.7. The van der Waals surface area contributed by atoms with Crippen molar-refractivity contribution in [2.24, 2.45) is 5.92 Å². The van der Waals surface area contributed by atoms with E-state index in [1.807, 2.05) is 47.0 Å². The smallest absolute Gasteiger partial charge is 0.419 e. The van der Waals surface area contributed by atoms with Crippen LogP contribution < -0.4 is 0 Å². The number of fused-ring (bicyclic) bond motifs is 1. The van der Waals surface area contributed by atoms with Gasteiger partial charge in [0.15, 0.2) is 0 Å². The van der Waals surface area contributed by atoms with Gasteiger partial charge in [-0.25, -0.2) is 19.5 Å². The van der Waals surface area contributed by atoms with Gasteiger partial charge < -0.3 is 19.1 Å². The summed E-state index contributed by atoms with van der Waals surface area (Å²) in [5.41, 5.74) is -1.25. The molecule has 0 bridgehead atoms. The lowest BCUT2D eigenvalue weighted by Gasteiger charge is -2.28. The van der Waals surface area contributed by atoms with Crippen LogP contribution in [0.1, 0.15) is 66.5 Å². The molecule has 1 aliphatic carbocycles. The molecule has 4 rings (SSSR count). The number of imide groups is 1. The first-order valence-electron chi connectivity index (χ1n) is 13.2. The normalized spacial score (nSPS) is 19.0. The van der Waals surface area contributed by atoms with Gasteiger partial charge in [-0.2, -0.15) is 0 Å². The maximum atomic E-state index is 12.7. The van der Waals surface area contributed by atoms with Crippen molar-refractivity contribution in [1.29, 1.82) is 0 Å². The van der Waals surface area contributed by atoms with Crippen molar-refractivity contribution < 1.29 is 29.0 Å². The number of hydrogen-bond acceptors (Lipinski definition) is 6. The van der Waals surface area contributed by atoms with E-state index < -0.39 is 34.8 Å². The number of benzene rings is 2. The van der Waals surface area contributed by atoms with E-state index in [1.54, 1.807) is 54.1 Å². The Morgan fingerprint density at radius 1 is 1.00 bits per heavy atom. The topological polar surface area (TPSA) is 111 Å². The molecule has 2 unspecified atom stereocenters. The number of carboxylic acid groups (broad SMARTS) is 1. The summed E-state index contributed by atoms with van der Waals surface area (Å²) in [5, 5.41) is 12.4. The molecule has 9 heteroatoms. The fraction of sp³-hybridized carbons (Fsp3) is 0.467. The van der Waals surface area contributed by atoms with Gasteiger partial charge >= 0.3 is 18.2 Å². The number of hydrogen-bond donors (Lipinski definition) is 1. The minimum absolute atomic E-state index is 0.0571. The lowest BCUT2D eigenvalue weighted by Crippen LogP contribution is -2.44. The van der Waals surface area contributed by atoms with E-state index in [0.29, 0.717) is 25.0 Å². The lowest BCUT2D eigenvalue weighted by molar-refractivity contribution is -0.140. The fourth-order valence-electron chi connectivity index (χ4n) is 4.78. The van der Waals surface area contributed by atoms with Gasteiger partial charge in [-0.15, -0.1) is 0 Å². The van der Waals surface area contributed by atoms with Gasteiger partial charge in [-0.1, -0.05) is 30.3 Å². The third kappa shape index (κ3) is 6.41. The second-order valence-electron chi connectivity index (χ2n) is 12.1. The van der Waals surface area contributed by atoms with Crippen LogP contribution in [0.15, 0.2) is 55.0 Å². The molecular weight excluding hydrogens is 498 g/mol. The average molecular weight is 536 g/mol. The zero-order chi connectivity index (χ0) is 28.6. The first-order chi connectivity index (χ1) is 18.2. The summed E-state index contributed by atoms with van der Waals surface area (Å²) < 4.78 is 12.7. The Morgan fingerprint density at radius 3 is 2.21 bits per heavy atom. The summed E-state index contributed by atoms with van der Waals surface area (Å²) >= 11 is 0. The third-order valence-electron chi connectivity index (χ3n) is 6.72. The van der Waals surface area contributed by atoms with Gasteiger partial charge in [-0.05, 0) is 89.6 Å². The first kappa shape index (κ1) is 28.1. The summed E-state index contributed by atoms with van der Waals surface area (Å²) in [6.45, 7) is 10.4. The number of ether oxygens (including phenoxy) is 2. The molecule has 1 aliphatic rings. The second kappa shape index (κ2) is 10.4. The van der Waals surface area contributed by atoms with Crippen molar-refractivity contribution in [3.05, 3.63) is 60.7 Å². The second-order valence-corrected chi connectivity index (χ2v) is 12.1. The highest BCUT2D eigenvalue weighted by atomic mass is 16.6. The van der Waals surface area contributed by atoms with Crippen LogP contribution in [0.5, 0.6) is 0 Å². The molecule has 9 nitrogen and oxygen atoms in total. The van der Waals surface area contributed by atoms with Crippen LogP contribution in [-0.2, 0) is 19.7 Å². The maximum Gasteiger partial charge on any atom is 0.419 e. The van der Waals surface area contributed by atoms with E-state index in [-0.39, 0.29) is 12.5 Å². The minimum Gasteiger partial charge on any atom is -0.481 e. The molecule has 2 atom stereocenters. The van der Waals surface area contributed by atoms with E-state index in [2.05, 4.69) is 4.98 Å². The molecular formula is C30H37N3O6. The molecule has 0 radical (unpaired) electrons. The Kier molecular flexibility index (Phi) is 7.47. The Bertz CT molecular complexity index is 1360. The number of imidazole rings is 1. The molecule has 0 aliphatic heterocycles. The summed E-state index contributed by atoms with van der Waals surface area (Å²) in [4.78, 5) is 43.4. The van der Waals surface area contributed by atoms with Gasteiger partial charge in [0.2, 0.25) is 0 Å². The number of nitrogens with zero attached hydrogens (tertiary/aromatic N) is 3.